The topological polar surface area (TPSA) is 69.9 Å². The third-order valence-corrected chi connectivity index (χ3v) is 3.09. The van der Waals surface area contributed by atoms with Crippen molar-refractivity contribution < 1.29 is 4.42 Å². The van der Waals surface area contributed by atoms with E-state index < -0.39 is 0 Å². The van der Waals surface area contributed by atoms with Crippen LogP contribution in [0.4, 0.5) is 0 Å². The minimum atomic E-state index is -0.136. The SMILES string of the molecule is CCn1ncnc1CC(N)c1ccoc1Br. The third-order valence-electron chi connectivity index (χ3n) is 2.44. The summed E-state index contributed by atoms with van der Waals surface area (Å²) in [5.41, 5.74) is 7.03. The second-order valence-corrected chi connectivity index (χ2v) is 4.17. The predicted molar refractivity (Wildman–Crippen MR) is 62.7 cm³/mol. The molecule has 0 fully saturated rings. The first-order valence-corrected chi connectivity index (χ1v) is 5.86. The van der Waals surface area contributed by atoms with Gasteiger partial charge in [0.25, 0.3) is 0 Å². The smallest absolute Gasteiger partial charge is 0.173 e. The molecule has 1 unspecified atom stereocenters. The van der Waals surface area contributed by atoms with Crippen LogP contribution in [-0.4, -0.2) is 14.8 Å². The molecule has 2 aromatic heterocycles. The fraction of sp³-hybridized carbons (Fsp3) is 0.400. The van der Waals surface area contributed by atoms with E-state index in [4.69, 9.17) is 10.2 Å². The summed E-state index contributed by atoms with van der Waals surface area (Å²) < 4.78 is 7.68. The Hall–Kier alpha value is -1.14. The van der Waals surface area contributed by atoms with E-state index >= 15 is 0 Å². The second-order valence-electron chi connectivity index (χ2n) is 3.45. The molecule has 0 saturated heterocycles. The number of halogens is 1. The number of nitrogens with two attached hydrogens (primary N) is 1. The van der Waals surface area contributed by atoms with Crippen molar-refractivity contribution >= 4 is 15.9 Å². The monoisotopic (exact) mass is 284 g/mol. The summed E-state index contributed by atoms with van der Waals surface area (Å²) in [4.78, 5) is 4.19. The molecular weight excluding hydrogens is 272 g/mol. The number of rotatable bonds is 4. The molecule has 6 heteroatoms. The second kappa shape index (κ2) is 4.80. The number of nitrogens with zero attached hydrogens (tertiary/aromatic N) is 3. The normalized spacial score (nSPS) is 12.9. The van der Waals surface area contributed by atoms with Gasteiger partial charge in [-0.25, -0.2) is 4.98 Å². The quantitative estimate of drug-likeness (QED) is 0.931. The summed E-state index contributed by atoms with van der Waals surface area (Å²) in [6, 6.07) is 1.73. The minimum Gasteiger partial charge on any atom is -0.457 e. The summed E-state index contributed by atoms with van der Waals surface area (Å²) in [7, 11) is 0. The van der Waals surface area contributed by atoms with Gasteiger partial charge in [-0.1, -0.05) is 0 Å². The zero-order chi connectivity index (χ0) is 11.5. The van der Waals surface area contributed by atoms with Gasteiger partial charge in [-0.2, -0.15) is 5.10 Å². The van der Waals surface area contributed by atoms with E-state index in [1.807, 2.05) is 17.7 Å². The van der Waals surface area contributed by atoms with Gasteiger partial charge >= 0.3 is 0 Å². The average Bonchev–Trinajstić information content (AvgIpc) is 2.86. The van der Waals surface area contributed by atoms with Crippen LogP contribution in [0.3, 0.4) is 0 Å². The van der Waals surface area contributed by atoms with E-state index in [9.17, 15) is 0 Å². The molecule has 0 aliphatic heterocycles. The number of furan rings is 1. The maximum Gasteiger partial charge on any atom is 0.173 e. The summed E-state index contributed by atoms with van der Waals surface area (Å²) in [5.74, 6) is 0.892. The van der Waals surface area contributed by atoms with Crippen LogP contribution in [0, 0.1) is 0 Å². The molecule has 0 radical (unpaired) electrons. The van der Waals surface area contributed by atoms with Gasteiger partial charge in [-0.05, 0) is 28.9 Å². The first-order valence-electron chi connectivity index (χ1n) is 5.07. The average molecular weight is 285 g/mol. The van der Waals surface area contributed by atoms with E-state index in [1.165, 1.54) is 0 Å². The molecule has 5 nitrogen and oxygen atoms in total. The molecular formula is C10H13BrN4O. The van der Waals surface area contributed by atoms with Crippen LogP contribution in [0.2, 0.25) is 0 Å². The van der Waals surface area contributed by atoms with Gasteiger partial charge in [0.2, 0.25) is 0 Å². The Balaban J connectivity index is 2.13. The summed E-state index contributed by atoms with van der Waals surface area (Å²) in [6.45, 7) is 2.83. The highest BCUT2D eigenvalue weighted by Crippen LogP contribution is 2.24. The molecule has 2 aromatic rings. The minimum absolute atomic E-state index is 0.136. The largest absolute Gasteiger partial charge is 0.457 e. The zero-order valence-electron chi connectivity index (χ0n) is 8.93. The Morgan fingerprint density at radius 1 is 1.62 bits per heavy atom. The Kier molecular flexibility index (Phi) is 3.40. The predicted octanol–water partition coefficient (Wildman–Crippen LogP) is 1.90. The van der Waals surface area contributed by atoms with Gasteiger partial charge in [-0.3, -0.25) is 4.68 Å². The fourth-order valence-corrected chi connectivity index (χ4v) is 2.12. The number of aryl methyl sites for hydroxylation is 1. The maximum atomic E-state index is 6.08. The van der Waals surface area contributed by atoms with Gasteiger partial charge < -0.3 is 10.2 Å². The van der Waals surface area contributed by atoms with Crippen molar-refractivity contribution in [2.24, 2.45) is 5.73 Å². The van der Waals surface area contributed by atoms with Crippen LogP contribution in [-0.2, 0) is 13.0 Å². The lowest BCUT2D eigenvalue weighted by atomic mass is 10.1. The van der Waals surface area contributed by atoms with Gasteiger partial charge in [0.15, 0.2) is 4.67 Å². The van der Waals surface area contributed by atoms with Crippen LogP contribution in [0.5, 0.6) is 0 Å². The number of aromatic nitrogens is 3. The van der Waals surface area contributed by atoms with Crippen molar-refractivity contribution in [3.8, 4) is 0 Å². The van der Waals surface area contributed by atoms with Crippen molar-refractivity contribution in [1.82, 2.24) is 14.8 Å². The molecule has 0 spiro atoms. The fourth-order valence-electron chi connectivity index (χ4n) is 1.59. The lowest BCUT2D eigenvalue weighted by Gasteiger charge is -2.10. The summed E-state index contributed by atoms with van der Waals surface area (Å²) in [5, 5.41) is 4.11. The molecule has 0 aromatic carbocycles. The Labute approximate surface area is 102 Å². The molecule has 2 heterocycles. The summed E-state index contributed by atoms with van der Waals surface area (Å²) in [6.07, 6.45) is 3.81. The molecule has 1 atom stereocenters. The molecule has 0 amide bonds. The molecule has 0 aliphatic carbocycles. The van der Waals surface area contributed by atoms with Crippen LogP contribution in [0.25, 0.3) is 0 Å². The molecule has 16 heavy (non-hydrogen) atoms. The Bertz CT molecular complexity index is 465. The highest BCUT2D eigenvalue weighted by molar-refractivity contribution is 9.10. The highest BCUT2D eigenvalue weighted by atomic mass is 79.9. The molecule has 0 bridgehead atoms. The van der Waals surface area contributed by atoms with Gasteiger partial charge in [0.1, 0.15) is 12.2 Å². The molecule has 2 rings (SSSR count). The Morgan fingerprint density at radius 3 is 3.06 bits per heavy atom. The Morgan fingerprint density at radius 2 is 2.44 bits per heavy atom. The number of hydrogen-bond donors (Lipinski definition) is 1. The molecule has 0 saturated carbocycles. The molecule has 86 valence electrons. The third kappa shape index (κ3) is 2.17. The lowest BCUT2D eigenvalue weighted by Crippen LogP contribution is -2.16. The van der Waals surface area contributed by atoms with Crippen LogP contribution in [0.15, 0.2) is 27.7 Å². The maximum absolute atomic E-state index is 6.08. The van der Waals surface area contributed by atoms with E-state index in [-0.39, 0.29) is 6.04 Å². The highest BCUT2D eigenvalue weighted by Gasteiger charge is 2.15. The zero-order valence-corrected chi connectivity index (χ0v) is 10.5. The van der Waals surface area contributed by atoms with Gasteiger partial charge in [-0.15, -0.1) is 0 Å². The van der Waals surface area contributed by atoms with E-state index in [0.29, 0.717) is 11.1 Å². The van der Waals surface area contributed by atoms with Crippen LogP contribution in [0.1, 0.15) is 24.4 Å². The van der Waals surface area contributed by atoms with Crippen molar-refractivity contribution in [3.05, 3.63) is 34.7 Å². The van der Waals surface area contributed by atoms with Crippen molar-refractivity contribution in [2.75, 3.05) is 0 Å². The van der Waals surface area contributed by atoms with Crippen molar-refractivity contribution in [1.29, 1.82) is 0 Å². The lowest BCUT2D eigenvalue weighted by molar-refractivity contribution is 0.526. The van der Waals surface area contributed by atoms with Crippen molar-refractivity contribution in [3.63, 3.8) is 0 Å². The standard InChI is InChI=1S/C10H13BrN4O/c1-2-15-9(13-6-14-15)5-8(12)7-3-4-16-10(7)11/h3-4,6,8H,2,5,12H2,1H3. The van der Waals surface area contributed by atoms with Crippen molar-refractivity contribution in [2.45, 2.75) is 25.9 Å². The van der Waals surface area contributed by atoms with E-state index in [2.05, 4.69) is 26.0 Å². The van der Waals surface area contributed by atoms with E-state index in [1.54, 1.807) is 12.6 Å². The van der Waals surface area contributed by atoms with Crippen LogP contribution >= 0.6 is 15.9 Å². The first-order chi connectivity index (χ1) is 7.72. The van der Waals surface area contributed by atoms with Crippen LogP contribution < -0.4 is 5.73 Å². The first kappa shape index (κ1) is 11.3. The van der Waals surface area contributed by atoms with Gasteiger partial charge in [0.05, 0.1) is 6.26 Å². The summed E-state index contributed by atoms with van der Waals surface area (Å²) >= 11 is 3.32. The number of hydrogen-bond acceptors (Lipinski definition) is 4. The van der Waals surface area contributed by atoms with Gasteiger partial charge in [0, 0.05) is 24.6 Å². The van der Waals surface area contributed by atoms with E-state index in [0.717, 1.165) is 17.9 Å². The molecule has 2 N–H and O–H groups in total. The molecule has 0 aliphatic rings.